The van der Waals surface area contributed by atoms with E-state index in [9.17, 15) is 0 Å². The molecule has 0 unspecified atom stereocenters. The average molecular weight is 225 g/mol. The van der Waals surface area contributed by atoms with Crippen LogP contribution in [0.3, 0.4) is 0 Å². The summed E-state index contributed by atoms with van der Waals surface area (Å²) in [7, 11) is 0. The van der Waals surface area contributed by atoms with Crippen molar-refractivity contribution in [1.29, 1.82) is 0 Å². The van der Waals surface area contributed by atoms with Gasteiger partial charge in [-0.3, -0.25) is 0 Å². The fraction of sp³-hybridized carbons (Fsp3) is 0.727. The van der Waals surface area contributed by atoms with Gasteiger partial charge in [0, 0.05) is 25.0 Å². The van der Waals surface area contributed by atoms with Crippen molar-refractivity contribution in [1.82, 2.24) is 4.98 Å². The lowest BCUT2D eigenvalue weighted by Crippen LogP contribution is -2.26. The molecule has 0 spiro atoms. The van der Waals surface area contributed by atoms with Gasteiger partial charge in [0.15, 0.2) is 5.13 Å². The third kappa shape index (κ3) is 2.92. The Morgan fingerprint density at radius 3 is 2.93 bits per heavy atom. The van der Waals surface area contributed by atoms with E-state index in [4.69, 9.17) is 5.73 Å². The molecule has 0 aliphatic heterocycles. The maximum atomic E-state index is 5.58. The Labute approximate surface area is 95.3 Å². The first kappa shape index (κ1) is 10.9. The number of nitrogens with two attached hydrogens (primary N) is 1. The topological polar surface area (TPSA) is 42.2 Å². The molecular weight excluding hydrogens is 206 g/mol. The van der Waals surface area contributed by atoms with Gasteiger partial charge in [0.05, 0.1) is 5.69 Å². The van der Waals surface area contributed by atoms with Crippen LogP contribution in [0.15, 0.2) is 5.38 Å². The van der Waals surface area contributed by atoms with Crippen LogP contribution >= 0.6 is 11.3 Å². The summed E-state index contributed by atoms with van der Waals surface area (Å²) >= 11 is 1.73. The van der Waals surface area contributed by atoms with Crippen molar-refractivity contribution >= 4 is 16.5 Å². The first-order chi connectivity index (χ1) is 7.33. The van der Waals surface area contributed by atoms with Gasteiger partial charge < -0.3 is 10.6 Å². The van der Waals surface area contributed by atoms with Crippen molar-refractivity contribution in [3.05, 3.63) is 11.1 Å². The molecule has 1 aliphatic carbocycles. The Morgan fingerprint density at radius 1 is 1.60 bits per heavy atom. The molecular formula is C11H19N3S. The Bertz CT molecular complexity index is 307. The molecule has 1 fully saturated rings. The van der Waals surface area contributed by atoms with Crippen LogP contribution in [0.5, 0.6) is 0 Å². The van der Waals surface area contributed by atoms with Gasteiger partial charge in [-0.2, -0.15) is 0 Å². The van der Waals surface area contributed by atoms with Gasteiger partial charge in [-0.25, -0.2) is 4.98 Å². The Balaban J connectivity index is 2.00. The predicted molar refractivity (Wildman–Crippen MR) is 65.2 cm³/mol. The van der Waals surface area contributed by atoms with Crippen molar-refractivity contribution in [2.24, 2.45) is 11.7 Å². The smallest absolute Gasteiger partial charge is 0.185 e. The van der Waals surface area contributed by atoms with Gasteiger partial charge in [-0.05, 0) is 25.2 Å². The van der Waals surface area contributed by atoms with Crippen molar-refractivity contribution in [3.8, 4) is 0 Å². The normalized spacial score (nSPS) is 15.6. The van der Waals surface area contributed by atoms with E-state index in [1.54, 1.807) is 11.3 Å². The van der Waals surface area contributed by atoms with Gasteiger partial charge >= 0.3 is 0 Å². The minimum atomic E-state index is 0.555. The second-order valence-corrected chi connectivity index (χ2v) is 5.05. The van der Waals surface area contributed by atoms with Crippen LogP contribution in [-0.2, 0) is 6.54 Å². The second-order valence-electron chi connectivity index (χ2n) is 4.21. The molecule has 1 aliphatic rings. The molecule has 0 saturated heterocycles. The highest BCUT2D eigenvalue weighted by atomic mass is 32.1. The van der Waals surface area contributed by atoms with Crippen molar-refractivity contribution in [2.75, 3.05) is 18.0 Å². The van der Waals surface area contributed by atoms with Crippen molar-refractivity contribution < 1.29 is 0 Å². The summed E-state index contributed by atoms with van der Waals surface area (Å²) < 4.78 is 0. The number of thiazole rings is 1. The lowest BCUT2D eigenvalue weighted by Gasteiger charge is -2.20. The average Bonchev–Trinajstić information content (AvgIpc) is 2.94. The van der Waals surface area contributed by atoms with E-state index in [1.807, 2.05) is 0 Å². The molecule has 0 amide bonds. The standard InChI is InChI=1S/C11H19N3S/c1-2-5-14(7-9-3-4-9)11-13-10(6-12)8-15-11/h8-9H,2-7,12H2,1H3. The minimum Gasteiger partial charge on any atom is -0.348 e. The van der Waals surface area contributed by atoms with Crippen LogP contribution in [0, 0.1) is 5.92 Å². The van der Waals surface area contributed by atoms with Crippen molar-refractivity contribution in [3.63, 3.8) is 0 Å². The minimum absolute atomic E-state index is 0.555. The monoisotopic (exact) mass is 225 g/mol. The Morgan fingerprint density at radius 2 is 2.40 bits per heavy atom. The fourth-order valence-corrected chi connectivity index (χ4v) is 2.56. The van der Waals surface area contributed by atoms with E-state index in [-0.39, 0.29) is 0 Å². The maximum absolute atomic E-state index is 5.58. The lowest BCUT2D eigenvalue weighted by atomic mass is 10.3. The molecule has 4 heteroatoms. The third-order valence-corrected chi connectivity index (χ3v) is 3.64. The molecule has 1 heterocycles. The van der Waals surface area contributed by atoms with Gasteiger partial charge in [0.2, 0.25) is 0 Å². The predicted octanol–water partition coefficient (Wildman–Crippen LogP) is 2.23. The molecule has 0 bridgehead atoms. The second kappa shape index (κ2) is 4.94. The highest BCUT2D eigenvalue weighted by Crippen LogP contribution is 2.32. The zero-order valence-corrected chi connectivity index (χ0v) is 10.1. The Hall–Kier alpha value is -0.610. The first-order valence-electron chi connectivity index (χ1n) is 5.73. The van der Waals surface area contributed by atoms with Crippen LogP contribution in [0.4, 0.5) is 5.13 Å². The van der Waals surface area contributed by atoms with Gasteiger partial charge in [0.1, 0.15) is 0 Å². The summed E-state index contributed by atoms with van der Waals surface area (Å²) in [5, 5.41) is 3.23. The molecule has 0 aromatic carbocycles. The van der Waals surface area contributed by atoms with Gasteiger partial charge in [-0.15, -0.1) is 11.3 Å². The van der Waals surface area contributed by atoms with E-state index in [0.29, 0.717) is 6.54 Å². The summed E-state index contributed by atoms with van der Waals surface area (Å²) in [6.07, 6.45) is 3.98. The number of anilines is 1. The van der Waals surface area contributed by atoms with E-state index in [0.717, 1.165) is 23.3 Å². The molecule has 1 aromatic rings. The van der Waals surface area contributed by atoms with E-state index >= 15 is 0 Å². The lowest BCUT2D eigenvalue weighted by molar-refractivity contribution is 0.704. The number of rotatable bonds is 6. The number of hydrogen-bond acceptors (Lipinski definition) is 4. The first-order valence-corrected chi connectivity index (χ1v) is 6.61. The van der Waals surface area contributed by atoms with Crippen molar-refractivity contribution in [2.45, 2.75) is 32.7 Å². The zero-order chi connectivity index (χ0) is 10.7. The molecule has 0 atom stereocenters. The molecule has 2 rings (SSSR count). The summed E-state index contributed by atoms with van der Waals surface area (Å²) in [6.45, 7) is 5.08. The summed E-state index contributed by atoms with van der Waals surface area (Å²) in [6, 6.07) is 0. The van der Waals surface area contributed by atoms with Crippen LogP contribution in [0.2, 0.25) is 0 Å². The SMILES string of the molecule is CCCN(CC1CC1)c1nc(CN)cs1. The van der Waals surface area contributed by atoms with E-state index in [2.05, 4.69) is 22.2 Å². The molecule has 15 heavy (non-hydrogen) atoms. The van der Waals surface area contributed by atoms with Gasteiger partial charge in [0.25, 0.3) is 0 Å². The van der Waals surface area contributed by atoms with E-state index in [1.165, 1.54) is 25.8 Å². The summed E-state index contributed by atoms with van der Waals surface area (Å²) in [4.78, 5) is 6.97. The maximum Gasteiger partial charge on any atom is 0.185 e. The largest absolute Gasteiger partial charge is 0.348 e. The quantitative estimate of drug-likeness (QED) is 0.807. The summed E-state index contributed by atoms with van der Waals surface area (Å²) in [5.41, 5.74) is 6.60. The molecule has 1 saturated carbocycles. The van der Waals surface area contributed by atoms with Crippen LogP contribution in [0.1, 0.15) is 31.9 Å². The highest BCUT2D eigenvalue weighted by Gasteiger charge is 2.25. The Kier molecular flexibility index (Phi) is 3.59. The fourth-order valence-electron chi connectivity index (χ4n) is 1.68. The molecule has 2 N–H and O–H groups in total. The number of aromatic nitrogens is 1. The molecule has 3 nitrogen and oxygen atoms in total. The number of nitrogens with zero attached hydrogens (tertiary/aromatic N) is 2. The van der Waals surface area contributed by atoms with Gasteiger partial charge in [-0.1, -0.05) is 6.92 Å². The summed E-state index contributed by atoms with van der Waals surface area (Å²) in [5.74, 6) is 0.918. The van der Waals surface area contributed by atoms with Crippen LogP contribution in [0.25, 0.3) is 0 Å². The van der Waals surface area contributed by atoms with Crippen LogP contribution in [-0.4, -0.2) is 18.1 Å². The van der Waals surface area contributed by atoms with E-state index < -0.39 is 0 Å². The molecule has 84 valence electrons. The molecule has 1 aromatic heterocycles. The third-order valence-electron chi connectivity index (χ3n) is 2.69. The highest BCUT2D eigenvalue weighted by molar-refractivity contribution is 7.13. The zero-order valence-electron chi connectivity index (χ0n) is 9.28. The number of hydrogen-bond donors (Lipinski definition) is 1. The van der Waals surface area contributed by atoms with Crippen LogP contribution < -0.4 is 10.6 Å². The molecule has 0 radical (unpaired) electrons.